The molecule has 2 heterocycles. The van der Waals surface area contributed by atoms with Gasteiger partial charge in [-0.05, 0) is 43.6 Å². The third-order valence-electron chi connectivity index (χ3n) is 3.68. The number of pyridine rings is 1. The molecule has 1 aliphatic rings. The van der Waals surface area contributed by atoms with Crippen molar-refractivity contribution in [1.82, 2.24) is 4.98 Å². The quantitative estimate of drug-likeness (QED) is 0.844. The van der Waals surface area contributed by atoms with Gasteiger partial charge < -0.3 is 4.98 Å². The van der Waals surface area contributed by atoms with Gasteiger partial charge in [0.25, 0.3) is 5.56 Å². The Morgan fingerprint density at radius 2 is 2.06 bits per heavy atom. The van der Waals surface area contributed by atoms with E-state index < -0.39 is 6.04 Å². The monoisotopic (exact) mass is 262 g/mol. The number of thiophene rings is 1. The van der Waals surface area contributed by atoms with Crippen molar-refractivity contribution < 1.29 is 0 Å². The molecule has 0 amide bonds. The van der Waals surface area contributed by atoms with Crippen LogP contribution in [0, 0.1) is 4.91 Å². The van der Waals surface area contributed by atoms with Crippen molar-refractivity contribution in [3.05, 3.63) is 37.3 Å². The van der Waals surface area contributed by atoms with Gasteiger partial charge in [0.05, 0.1) is 10.2 Å². The summed E-state index contributed by atoms with van der Waals surface area (Å²) in [5, 5.41) is 5.00. The number of aromatic amines is 1. The molecule has 2 aromatic heterocycles. The van der Waals surface area contributed by atoms with E-state index in [1.165, 1.54) is 5.56 Å². The minimum Gasteiger partial charge on any atom is -0.321 e. The topological polar surface area (TPSA) is 62.3 Å². The summed E-state index contributed by atoms with van der Waals surface area (Å²) in [6, 6.07) is -0.406. The lowest BCUT2D eigenvalue weighted by Gasteiger charge is -2.15. The number of nitrogens with zero attached hydrogens (tertiary/aromatic N) is 1. The highest BCUT2D eigenvalue weighted by atomic mass is 32.1. The minimum atomic E-state index is -0.406. The Hall–Kier alpha value is -1.49. The van der Waals surface area contributed by atoms with Crippen LogP contribution in [0.2, 0.25) is 0 Å². The maximum Gasteiger partial charge on any atom is 0.251 e. The molecule has 0 aromatic carbocycles. The summed E-state index contributed by atoms with van der Waals surface area (Å²) in [5.74, 6) is 0. The number of aromatic nitrogens is 1. The maximum atomic E-state index is 12.1. The number of nitroso groups, excluding NO2 is 1. The highest BCUT2D eigenvalue weighted by Gasteiger charge is 2.20. The molecule has 0 spiro atoms. The van der Waals surface area contributed by atoms with Crippen molar-refractivity contribution in [3.8, 4) is 0 Å². The number of aryl methyl sites for hydroxylation is 1. The van der Waals surface area contributed by atoms with Gasteiger partial charge in [0.1, 0.15) is 6.04 Å². The molecule has 94 valence electrons. The van der Waals surface area contributed by atoms with Crippen LogP contribution < -0.4 is 5.56 Å². The van der Waals surface area contributed by atoms with E-state index in [1.54, 1.807) is 18.3 Å². The average molecular weight is 262 g/mol. The zero-order valence-electron chi connectivity index (χ0n) is 10.2. The fraction of sp³-hybridized carbons (Fsp3) is 0.462. The fourth-order valence-corrected chi connectivity index (χ4v) is 3.90. The molecule has 0 saturated carbocycles. The molecule has 0 radical (unpaired) electrons. The first-order valence-electron chi connectivity index (χ1n) is 6.20. The highest BCUT2D eigenvalue weighted by molar-refractivity contribution is 7.17. The first-order valence-corrected chi connectivity index (χ1v) is 7.08. The second-order valence-corrected chi connectivity index (χ2v) is 5.67. The SMILES string of the molecule is CC(N=O)c1csc2c3c(c(=O)[nH]c12)CCCC3. The van der Waals surface area contributed by atoms with E-state index >= 15 is 0 Å². The highest BCUT2D eigenvalue weighted by Crippen LogP contribution is 2.35. The molecule has 18 heavy (non-hydrogen) atoms. The van der Waals surface area contributed by atoms with Gasteiger partial charge in [0.15, 0.2) is 0 Å². The van der Waals surface area contributed by atoms with Gasteiger partial charge in [0, 0.05) is 11.1 Å². The van der Waals surface area contributed by atoms with Crippen molar-refractivity contribution in [2.45, 2.75) is 38.6 Å². The predicted molar refractivity (Wildman–Crippen MR) is 73.3 cm³/mol. The molecular formula is C13H14N2O2S. The second-order valence-electron chi connectivity index (χ2n) is 4.79. The van der Waals surface area contributed by atoms with Crippen LogP contribution in [-0.4, -0.2) is 4.98 Å². The van der Waals surface area contributed by atoms with Crippen molar-refractivity contribution in [3.63, 3.8) is 0 Å². The fourth-order valence-electron chi connectivity index (χ4n) is 2.68. The molecular weight excluding hydrogens is 248 g/mol. The van der Waals surface area contributed by atoms with Crippen LogP contribution in [0.3, 0.4) is 0 Å². The number of nitrogens with one attached hydrogen (secondary N) is 1. The smallest absolute Gasteiger partial charge is 0.251 e. The summed E-state index contributed by atoms with van der Waals surface area (Å²) in [4.78, 5) is 25.7. The van der Waals surface area contributed by atoms with E-state index in [4.69, 9.17) is 0 Å². The van der Waals surface area contributed by atoms with Gasteiger partial charge in [-0.3, -0.25) is 4.79 Å². The summed E-state index contributed by atoms with van der Waals surface area (Å²) in [7, 11) is 0. The first-order chi connectivity index (χ1) is 8.72. The third-order valence-corrected chi connectivity index (χ3v) is 4.74. The number of fused-ring (bicyclic) bond motifs is 3. The largest absolute Gasteiger partial charge is 0.321 e. The predicted octanol–water partition coefficient (Wildman–Crippen LogP) is 3.30. The van der Waals surface area contributed by atoms with Crippen LogP contribution in [0.25, 0.3) is 10.2 Å². The van der Waals surface area contributed by atoms with Crippen LogP contribution >= 0.6 is 11.3 Å². The molecule has 1 N–H and O–H groups in total. The summed E-state index contributed by atoms with van der Waals surface area (Å²) in [5.41, 5.74) is 3.80. The van der Waals surface area contributed by atoms with Crippen molar-refractivity contribution in [1.29, 1.82) is 0 Å². The Kier molecular flexibility index (Phi) is 2.78. The minimum absolute atomic E-state index is 0.00921. The molecule has 5 heteroatoms. The van der Waals surface area contributed by atoms with Crippen LogP contribution in [-0.2, 0) is 12.8 Å². The van der Waals surface area contributed by atoms with Gasteiger partial charge in [-0.25, -0.2) is 0 Å². The molecule has 0 fully saturated rings. The lowest BCUT2D eigenvalue weighted by molar-refractivity contribution is 0.683. The van der Waals surface area contributed by atoms with Gasteiger partial charge in [-0.2, -0.15) is 4.91 Å². The number of H-pyrrole nitrogens is 1. The summed E-state index contributed by atoms with van der Waals surface area (Å²) >= 11 is 1.61. The lowest BCUT2D eigenvalue weighted by atomic mass is 9.92. The van der Waals surface area contributed by atoms with Crippen molar-refractivity contribution in [2.75, 3.05) is 0 Å². The van der Waals surface area contributed by atoms with Crippen LogP contribution in [0.4, 0.5) is 0 Å². The average Bonchev–Trinajstić information content (AvgIpc) is 2.82. The van der Waals surface area contributed by atoms with E-state index in [1.807, 2.05) is 5.38 Å². The molecule has 1 aliphatic carbocycles. The van der Waals surface area contributed by atoms with Gasteiger partial charge >= 0.3 is 0 Å². The van der Waals surface area contributed by atoms with E-state index in [0.717, 1.165) is 47.0 Å². The Morgan fingerprint density at radius 1 is 1.33 bits per heavy atom. The Balaban J connectivity index is 2.32. The van der Waals surface area contributed by atoms with Gasteiger partial charge in [0.2, 0.25) is 0 Å². The molecule has 0 bridgehead atoms. The zero-order valence-corrected chi connectivity index (χ0v) is 11.0. The molecule has 1 atom stereocenters. The molecule has 1 unspecified atom stereocenters. The zero-order chi connectivity index (χ0) is 12.7. The Bertz CT molecular complexity index is 671. The third kappa shape index (κ3) is 1.61. The summed E-state index contributed by atoms with van der Waals surface area (Å²) in [6.45, 7) is 1.76. The van der Waals surface area contributed by atoms with E-state index in [2.05, 4.69) is 10.2 Å². The van der Waals surface area contributed by atoms with Crippen molar-refractivity contribution in [2.24, 2.45) is 5.18 Å². The maximum absolute atomic E-state index is 12.1. The number of hydrogen-bond donors (Lipinski definition) is 1. The number of hydrogen-bond acceptors (Lipinski definition) is 4. The van der Waals surface area contributed by atoms with E-state index in [0.29, 0.717) is 0 Å². The van der Waals surface area contributed by atoms with Gasteiger partial charge in [-0.15, -0.1) is 11.3 Å². The first kappa shape index (κ1) is 11.6. The Morgan fingerprint density at radius 3 is 2.78 bits per heavy atom. The molecule has 2 aromatic rings. The molecule has 3 rings (SSSR count). The molecule has 4 nitrogen and oxygen atoms in total. The van der Waals surface area contributed by atoms with Crippen LogP contribution in [0.15, 0.2) is 15.4 Å². The second kappa shape index (κ2) is 4.31. The normalized spacial score (nSPS) is 16.5. The van der Waals surface area contributed by atoms with E-state index in [-0.39, 0.29) is 5.56 Å². The molecule has 0 aliphatic heterocycles. The Labute approximate surface area is 108 Å². The summed E-state index contributed by atoms with van der Waals surface area (Å²) < 4.78 is 1.13. The molecule has 0 saturated heterocycles. The number of rotatable bonds is 2. The standard InChI is InChI=1S/C13H14N2O2S/c1-7(15-17)10-6-18-12-8-4-2-3-5-9(8)13(16)14-11(10)12/h6-7H,2-5H2,1H3,(H,14,16). The van der Waals surface area contributed by atoms with Gasteiger partial charge in [-0.1, -0.05) is 5.18 Å². The van der Waals surface area contributed by atoms with Crippen molar-refractivity contribution >= 4 is 21.6 Å². The van der Waals surface area contributed by atoms with Crippen LogP contribution in [0.5, 0.6) is 0 Å². The summed E-state index contributed by atoms with van der Waals surface area (Å²) in [6.07, 6.45) is 4.07. The van der Waals surface area contributed by atoms with E-state index in [9.17, 15) is 9.70 Å². The van der Waals surface area contributed by atoms with Crippen LogP contribution in [0.1, 0.15) is 42.5 Å². The lowest BCUT2D eigenvalue weighted by Crippen LogP contribution is -2.19.